The van der Waals surface area contributed by atoms with Gasteiger partial charge < -0.3 is 20.5 Å². The number of nitrogens with zero attached hydrogens (tertiary/aromatic N) is 2. The molecule has 2 heterocycles. The van der Waals surface area contributed by atoms with Gasteiger partial charge in [-0.05, 0) is 25.8 Å². The monoisotopic (exact) mass is 252 g/mol. The van der Waals surface area contributed by atoms with Gasteiger partial charge in [-0.1, -0.05) is 0 Å². The van der Waals surface area contributed by atoms with Crippen LogP contribution in [0.15, 0.2) is 6.33 Å². The van der Waals surface area contributed by atoms with Crippen molar-refractivity contribution >= 4 is 5.82 Å². The number of hydrogen-bond acceptors (Lipinski definition) is 6. The first-order chi connectivity index (χ1) is 8.81. The van der Waals surface area contributed by atoms with Crippen molar-refractivity contribution in [3.8, 4) is 5.88 Å². The van der Waals surface area contributed by atoms with Crippen LogP contribution in [0.4, 0.5) is 5.82 Å². The van der Waals surface area contributed by atoms with E-state index in [4.69, 9.17) is 15.2 Å². The molecule has 0 unspecified atom stereocenters. The highest BCUT2D eigenvalue weighted by atomic mass is 16.5. The van der Waals surface area contributed by atoms with Crippen LogP contribution in [0.3, 0.4) is 0 Å². The maximum atomic E-state index is 5.81. The largest absolute Gasteiger partial charge is 0.481 e. The van der Waals surface area contributed by atoms with Crippen molar-refractivity contribution < 1.29 is 9.47 Å². The van der Waals surface area contributed by atoms with Crippen molar-refractivity contribution in [1.82, 2.24) is 15.3 Å². The molecule has 3 N–H and O–H groups in total. The number of nitrogens with two attached hydrogens (primary N) is 1. The summed E-state index contributed by atoms with van der Waals surface area (Å²) >= 11 is 0. The summed E-state index contributed by atoms with van der Waals surface area (Å²) in [5.41, 5.74) is 6.62. The molecule has 2 rings (SSSR count). The van der Waals surface area contributed by atoms with E-state index in [1.165, 1.54) is 19.2 Å². The lowest BCUT2D eigenvalue weighted by molar-refractivity contribution is 0.104. The van der Waals surface area contributed by atoms with E-state index in [9.17, 15) is 0 Å². The zero-order valence-electron chi connectivity index (χ0n) is 10.7. The fourth-order valence-electron chi connectivity index (χ4n) is 2.10. The Morgan fingerprint density at radius 1 is 1.56 bits per heavy atom. The smallest absolute Gasteiger partial charge is 0.222 e. The molecule has 0 bridgehead atoms. The first-order valence-corrected chi connectivity index (χ1v) is 6.27. The standard InChI is InChI=1S/C12H20N4O2/c1-17-12-10(11(13)15-8-16-12)7-14-5-4-9-3-2-6-18-9/h8-9,14H,2-7H2,1H3,(H2,13,15,16)/t9-/m1/s1. The lowest BCUT2D eigenvalue weighted by Gasteiger charge is -2.12. The number of ether oxygens (including phenoxy) is 2. The van der Waals surface area contributed by atoms with Gasteiger partial charge in [-0.25, -0.2) is 9.97 Å². The molecule has 18 heavy (non-hydrogen) atoms. The first kappa shape index (κ1) is 13.0. The normalized spacial score (nSPS) is 19.1. The second-order valence-corrected chi connectivity index (χ2v) is 4.35. The van der Waals surface area contributed by atoms with E-state index >= 15 is 0 Å². The predicted molar refractivity (Wildman–Crippen MR) is 68.3 cm³/mol. The average molecular weight is 252 g/mol. The van der Waals surface area contributed by atoms with Gasteiger partial charge >= 0.3 is 0 Å². The summed E-state index contributed by atoms with van der Waals surface area (Å²) in [6, 6.07) is 0. The van der Waals surface area contributed by atoms with E-state index in [0.717, 1.165) is 25.1 Å². The zero-order chi connectivity index (χ0) is 12.8. The Labute approximate surface area is 107 Å². The predicted octanol–water partition coefficient (Wildman–Crippen LogP) is 0.726. The van der Waals surface area contributed by atoms with Gasteiger partial charge in [-0.2, -0.15) is 0 Å². The van der Waals surface area contributed by atoms with Gasteiger partial charge in [0, 0.05) is 13.2 Å². The molecule has 1 saturated heterocycles. The minimum atomic E-state index is 0.406. The Morgan fingerprint density at radius 3 is 3.17 bits per heavy atom. The lowest BCUT2D eigenvalue weighted by Crippen LogP contribution is -2.21. The molecule has 1 aliphatic rings. The minimum Gasteiger partial charge on any atom is -0.481 e. The van der Waals surface area contributed by atoms with Crippen LogP contribution in [0.5, 0.6) is 5.88 Å². The van der Waals surface area contributed by atoms with Crippen LogP contribution < -0.4 is 15.8 Å². The molecule has 0 spiro atoms. The van der Waals surface area contributed by atoms with E-state index in [1.807, 2.05) is 0 Å². The zero-order valence-corrected chi connectivity index (χ0v) is 10.7. The number of nitrogens with one attached hydrogen (secondary N) is 1. The second-order valence-electron chi connectivity index (χ2n) is 4.35. The first-order valence-electron chi connectivity index (χ1n) is 6.27. The van der Waals surface area contributed by atoms with E-state index < -0.39 is 0 Å². The van der Waals surface area contributed by atoms with Gasteiger partial charge in [0.1, 0.15) is 12.1 Å². The van der Waals surface area contributed by atoms with Crippen molar-refractivity contribution in [3.63, 3.8) is 0 Å². The second kappa shape index (κ2) is 6.51. The molecule has 100 valence electrons. The van der Waals surface area contributed by atoms with Gasteiger partial charge in [0.05, 0.1) is 18.8 Å². The number of hydrogen-bond donors (Lipinski definition) is 2. The molecule has 1 aromatic rings. The third-order valence-corrected chi connectivity index (χ3v) is 3.10. The van der Waals surface area contributed by atoms with Crippen molar-refractivity contribution in [2.24, 2.45) is 0 Å². The van der Waals surface area contributed by atoms with Gasteiger partial charge in [0.2, 0.25) is 5.88 Å². The van der Waals surface area contributed by atoms with Gasteiger partial charge in [-0.3, -0.25) is 0 Å². The maximum absolute atomic E-state index is 5.81. The third-order valence-electron chi connectivity index (χ3n) is 3.10. The summed E-state index contributed by atoms with van der Waals surface area (Å²) in [6.45, 7) is 2.41. The summed E-state index contributed by atoms with van der Waals surface area (Å²) in [5.74, 6) is 0.999. The topological polar surface area (TPSA) is 82.3 Å². The fraction of sp³-hybridized carbons (Fsp3) is 0.667. The molecule has 0 aliphatic carbocycles. The maximum Gasteiger partial charge on any atom is 0.222 e. The quantitative estimate of drug-likeness (QED) is 0.726. The molecule has 1 fully saturated rings. The Morgan fingerprint density at radius 2 is 2.44 bits per heavy atom. The Bertz CT molecular complexity index is 380. The minimum absolute atomic E-state index is 0.406. The van der Waals surface area contributed by atoms with Crippen LogP contribution in [-0.4, -0.2) is 36.3 Å². The van der Waals surface area contributed by atoms with Crippen molar-refractivity contribution in [3.05, 3.63) is 11.9 Å². The van der Waals surface area contributed by atoms with Crippen LogP contribution in [0.2, 0.25) is 0 Å². The van der Waals surface area contributed by atoms with Gasteiger partial charge in [0.15, 0.2) is 0 Å². The molecular weight excluding hydrogens is 232 g/mol. The molecule has 0 radical (unpaired) electrons. The summed E-state index contributed by atoms with van der Waals surface area (Å²) in [6.07, 6.45) is 5.18. The molecule has 1 aromatic heterocycles. The van der Waals surface area contributed by atoms with Gasteiger partial charge in [-0.15, -0.1) is 0 Å². The Balaban J connectivity index is 1.78. The highest BCUT2D eigenvalue weighted by Crippen LogP contribution is 2.19. The number of methoxy groups -OCH3 is 1. The van der Waals surface area contributed by atoms with E-state index in [1.54, 1.807) is 7.11 Å². The average Bonchev–Trinajstić information content (AvgIpc) is 2.89. The van der Waals surface area contributed by atoms with Gasteiger partial charge in [0.25, 0.3) is 0 Å². The fourth-order valence-corrected chi connectivity index (χ4v) is 2.10. The SMILES string of the molecule is COc1ncnc(N)c1CNCC[C@H]1CCCO1. The van der Waals surface area contributed by atoms with Crippen LogP contribution in [0.25, 0.3) is 0 Å². The summed E-state index contributed by atoms with van der Waals surface area (Å²) in [5, 5.41) is 3.32. The molecule has 0 amide bonds. The van der Waals surface area contributed by atoms with Crippen LogP contribution in [-0.2, 0) is 11.3 Å². The Kier molecular flexibility index (Phi) is 4.72. The molecule has 0 saturated carbocycles. The highest BCUT2D eigenvalue weighted by molar-refractivity contribution is 5.44. The van der Waals surface area contributed by atoms with E-state index in [2.05, 4.69) is 15.3 Å². The third kappa shape index (κ3) is 3.30. The molecular formula is C12H20N4O2. The van der Waals surface area contributed by atoms with E-state index in [0.29, 0.717) is 24.3 Å². The Hall–Kier alpha value is -1.40. The van der Waals surface area contributed by atoms with Crippen molar-refractivity contribution in [2.45, 2.75) is 31.9 Å². The molecule has 1 atom stereocenters. The molecule has 0 aromatic carbocycles. The van der Waals surface area contributed by atoms with E-state index in [-0.39, 0.29) is 0 Å². The lowest BCUT2D eigenvalue weighted by atomic mass is 10.2. The summed E-state index contributed by atoms with van der Waals surface area (Å²) in [7, 11) is 1.58. The molecule has 6 nitrogen and oxygen atoms in total. The van der Waals surface area contributed by atoms with Crippen LogP contribution >= 0.6 is 0 Å². The summed E-state index contributed by atoms with van der Waals surface area (Å²) < 4.78 is 10.7. The number of anilines is 1. The number of nitrogen functional groups attached to an aromatic ring is 1. The van der Waals surface area contributed by atoms with Crippen molar-refractivity contribution in [2.75, 3.05) is 26.0 Å². The van der Waals surface area contributed by atoms with Crippen LogP contribution in [0.1, 0.15) is 24.8 Å². The molecule has 1 aliphatic heterocycles. The molecule has 6 heteroatoms. The highest BCUT2D eigenvalue weighted by Gasteiger charge is 2.15. The summed E-state index contributed by atoms with van der Waals surface area (Å²) in [4.78, 5) is 8.00. The van der Waals surface area contributed by atoms with Crippen molar-refractivity contribution in [1.29, 1.82) is 0 Å². The van der Waals surface area contributed by atoms with Crippen LogP contribution in [0, 0.1) is 0 Å². The number of rotatable bonds is 6. The number of aromatic nitrogens is 2.